The lowest BCUT2D eigenvalue weighted by Crippen LogP contribution is -2.26. The molecule has 0 aromatic carbocycles. The molecule has 1 aromatic rings. The molecule has 2 heterocycles. The fraction of sp³-hybridized carbons (Fsp3) is 0.722. The van der Waals surface area contributed by atoms with Crippen molar-refractivity contribution < 1.29 is 0 Å². The molecule has 3 heteroatoms. The van der Waals surface area contributed by atoms with E-state index in [1.807, 2.05) is 6.20 Å². The minimum Gasteiger partial charge on any atom is -0.357 e. The van der Waals surface area contributed by atoms with E-state index in [0.717, 1.165) is 24.8 Å². The van der Waals surface area contributed by atoms with Gasteiger partial charge in [0.1, 0.15) is 5.82 Å². The molecule has 118 valence electrons. The van der Waals surface area contributed by atoms with E-state index in [9.17, 15) is 0 Å². The Kier molecular flexibility index (Phi) is 6.50. The number of nitrogens with zero attached hydrogens (tertiary/aromatic N) is 2. The van der Waals surface area contributed by atoms with Gasteiger partial charge in [-0.1, -0.05) is 33.6 Å². The Morgan fingerprint density at radius 3 is 2.95 bits per heavy atom. The highest BCUT2D eigenvalue weighted by Gasteiger charge is 2.17. The minimum atomic E-state index is 0.523. The van der Waals surface area contributed by atoms with Gasteiger partial charge in [0.25, 0.3) is 0 Å². The fourth-order valence-electron chi connectivity index (χ4n) is 3.16. The van der Waals surface area contributed by atoms with Crippen molar-refractivity contribution in [3.8, 4) is 0 Å². The van der Waals surface area contributed by atoms with Crippen LogP contribution in [0.2, 0.25) is 0 Å². The van der Waals surface area contributed by atoms with Crippen molar-refractivity contribution in [2.24, 2.45) is 5.92 Å². The smallest absolute Gasteiger partial charge is 0.128 e. The van der Waals surface area contributed by atoms with Crippen molar-refractivity contribution in [3.63, 3.8) is 0 Å². The van der Waals surface area contributed by atoms with E-state index in [1.165, 1.54) is 44.2 Å². The normalized spacial score (nSPS) is 19.8. The van der Waals surface area contributed by atoms with Crippen molar-refractivity contribution in [3.05, 3.63) is 23.9 Å². The molecule has 0 amide bonds. The van der Waals surface area contributed by atoms with Gasteiger partial charge in [0.05, 0.1) is 0 Å². The lowest BCUT2D eigenvalue weighted by atomic mass is 9.96. The summed E-state index contributed by atoms with van der Waals surface area (Å²) in [6.45, 7) is 9.93. The standard InChI is InChI=1S/C18H31N3/c1-4-6-16-7-5-11-21(12-9-16)18-13-17(8-10-19-18)14-20-15(2)3/h8,10,13,15-16,20H,4-7,9,11-12,14H2,1-3H3. The number of rotatable bonds is 6. The lowest BCUT2D eigenvalue weighted by molar-refractivity contribution is 0.435. The Hall–Kier alpha value is -1.09. The van der Waals surface area contributed by atoms with Crippen molar-refractivity contribution in [1.29, 1.82) is 0 Å². The molecule has 1 aliphatic rings. The number of anilines is 1. The zero-order valence-corrected chi connectivity index (χ0v) is 13.9. The molecule has 0 spiro atoms. The van der Waals surface area contributed by atoms with Crippen molar-refractivity contribution in [2.75, 3.05) is 18.0 Å². The first-order valence-corrected chi connectivity index (χ1v) is 8.62. The molecule has 1 aromatic heterocycles. The first-order chi connectivity index (χ1) is 10.2. The highest BCUT2D eigenvalue weighted by molar-refractivity contribution is 5.41. The molecule has 0 aliphatic carbocycles. The maximum Gasteiger partial charge on any atom is 0.128 e. The van der Waals surface area contributed by atoms with Crippen LogP contribution >= 0.6 is 0 Å². The van der Waals surface area contributed by atoms with Gasteiger partial charge >= 0.3 is 0 Å². The molecular formula is C18H31N3. The van der Waals surface area contributed by atoms with E-state index in [4.69, 9.17) is 0 Å². The van der Waals surface area contributed by atoms with Crippen molar-refractivity contribution in [1.82, 2.24) is 10.3 Å². The number of hydrogen-bond donors (Lipinski definition) is 1. The van der Waals surface area contributed by atoms with Gasteiger partial charge in [-0.05, 0) is 42.9 Å². The van der Waals surface area contributed by atoms with Crippen LogP contribution in [-0.4, -0.2) is 24.1 Å². The Bertz CT molecular complexity index is 417. The molecule has 1 fully saturated rings. The molecule has 3 nitrogen and oxygen atoms in total. The molecular weight excluding hydrogens is 258 g/mol. The molecule has 0 bridgehead atoms. The summed E-state index contributed by atoms with van der Waals surface area (Å²) in [5.74, 6) is 2.08. The molecule has 1 unspecified atom stereocenters. The van der Waals surface area contributed by atoms with Crippen molar-refractivity contribution in [2.45, 2.75) is 65.5 Å². The largest absolute Gasteiger partial charge is 0.357 e. The van der Waals surface area contributed by atoms with Gasteiger partial charge in [-0.25, -0.2) is 4.98 Å². The van der Waals surface area contributed by atoms with Crippen LogP contribution in [0.25, 0.3) is 0 Å². The molecule has 1 saturated heterocycles. The monoisotopic (exact) mass is 289 g/mol. The fourth-order valence-corrected chi connectivity index (χ4v) is 3.16. The average Bonchev–Trinajstić information content (AvgIpc) is 2.72. The molecule has 1 aliphatic heterocycles. The highest BCUT2D eigenvalue weighted by atomic mass is 15.2. The maximum atomic E-state index is 4.60. The summed E-state index contributed by atoms with van der Waals surface area (Å²) in [6, 6.07) is 4.90. The van der Waals surface area contributed by atoms with Gasteiger partial charge in [-0.15, -0.1) is 0 Å². The van der Waals surface area contributed by atoms with Crippen molar-refractivity contribution >= 4 is 5.82 Å². The number of nitrogens with one attached hydrogen (secondary N) is 1. The summed E-state index contributed by atoms with van der Waals surface area (Å²) in [4.78, 5) is 7.08. The molecule has 1 N–H and O–H groups in total. The quantitative estimate of drug-likeness (QED) is 0.858. The highest BCUT2D eigenvalue weighted by Crippen LogP contribution is 2.24. The Morgan fingerprint density at radius 1 is 1.33 bits per heavy atom. The zero-order valence-electron chi connectivity index (χ0n) is 13.9. The van der Waals surface area contributed by atoms with E-state index in [0.29, 0.717) is 6.04 Å². The van der Waals surface area contributed by atoms with Crippen LogP contribution in [0, 0.1) is 5.92 Å². The topological polar surface area (TPSA) is 28.2 Å². The summed E-state index contributed by atoms with van der Waals surface area (Å²) in [5, 5.41) is 3.48. The Labute approximate surface area is 130 Å². The third-order valence-electron chi connectivity index (χ3n) is 4.39. The second-order valence-electron chi connectivity index (χ2n) is 6.63. The van der Waals surface area contributed by atoms with Crippen LogP contribution in [0.1, 0.15) is 58.4 Å². The van der Waals surface area contributed by atoms with Gasteiger partial charge in [0.2, 0.25) is 0 Å². The second-order valence-corrected chi connectivity index (χ2v) is 6.63. The van der Waals surface area contributed by atoms with Crippen LogP contribution in [0.15, 0.2) is 18.3 Å². The summed E-state index contributed by atoms with van der Waals surface area (Å²) >= 11 is 0. The first kappa shape index (κ1) is 16.3. The SMILES string of the molecule is CCCC1CCCN(c2cc(CNC(C)C)ccn2)CC1. The lowest BCUT2D eigenvalue weighted by Gasteiger charge is -2.22. The summed E-state index contributed by atoms with van der Waals surface area (Å²) in [7, 11) is 0. The molecule has 2 rings (SSSR count). The summed E-state index contributed by atoms with van der Waals surface area (Å²) in [6.07, 6.45) is 8.68. The van der Waals surface area contributed by atoms with Gasteiger partial charge < -0.3 is 10.2 Å². The van der Waals surface area contributed by atoms with Crippen LogP contribution < -0.4 is 10.2 Å². The first-order valence-electron chi connectivity index (χ1n) is 8.62. The summed E-state index contributed by atoms with van der Waals surface area (Å²) in [5.41, 5.74) is 1.34. The molecule has 1 atom stereocenters. The third kappa shape index (κ3) is 5.31. The third-order valence-corrected chi connectivity index (χ3v) is 4.39. The average molecular weight is 289 g/mol. The van der Waals surface area contributed by atoms with E-state index in [-0.39, 0.29) is 0 Å². The van der Waals surface area contributed by atoms with E-state index in [2.05, 4.69) is 48.1 Å². The molecule has 0 saturated carbocycles. The van der Waals surface area contributed by atoms with Crippen LogP contribution in [-0.2, 0) is 6.54 Å². The van der Waals surface area contributed by atoms with Gasteiger partial charge in [0.15, 0.2) is 0 Å². The van der Waals surface area contributed by atoms with Gasteiger partial charge in [0, 0.05) is 31.9 Å². The number of aromatic nitrogens is 1. The van der Waals surface area contributed by atoms with E-state index < -0.39 is 0 Å². The second kappa shape index (κ2) is 8.38. The predicted octanol–water partition coefficient (Wildman–Crippen LogP) is 3.99. The Morgan fingerprint density at radius 2 is 2.19 bits per heavy atom. The van der Waals surface area contributed by atoms with E-state index >= 15 is 0 Å². The van der Waals surface area contributed by atoms with Crippen LogP contribution in [0.3, 0.4) is 0 Å². The predicted molar refractivity (Wildman–Crippen MR) is 90.7 cm³/mol. The van der Waals surface area contributed by atoms with E-state index in [1.54, 1.807) is 0 Å². The zero-order chi connectivity index (χ0) is 15.1. The van der Waals surface area contributed by atoms with Crippen LogP contribution in [0.5, 0.6) is 0 Å². The minimum absolute atomic E-state index is 0.523. The number of pyridine rings is 1. The van der Waals surface area contributed by atoms with Crippen LogP contribution in [0.4, 0.5) is 5.82 Å². The summed E-state index contributed by atoms with van der Waals surface area (Å²) < 4.78 is 0. The van der Waals surface area contributed by atoms with Gasteiger partial charge in [-0.3, -0.25) is 0 Å². The Balaban J connectivity index is 1.96. The molecule has 21 heavy (non-hydrogen) atoms. The molecule has 0 radical (unpaired) electrons. The van der Waals surface area contributed by atoms with Gasteiger partial charge in [-0.2, -0.15) is 0 Å². The maximum absolute atomic E-state index is 4.60. The number of hydrogen-bond acceptors (Lipinski definition) is 3.